The number of hydrogen-bond donors (Lipinski definition) is 3. The molecule has 7 heteroatoms. The Morgan fingerprint density at radius 1 is 1.55 bits per heavy atom. The highest BCUT2D eigenvalue weighted by Crippen LogP contribution is 2.21. The van der Waals surface area contributed by atoms with Gasteiger partial charge in [-0.05, 0) is 32.2 Å². The number of nitrogens with one attached hydrogen (secondary N) is 2. The van der Waals surface area contributed by atoms with Crippen molar-refractivity contribution in [3.05, 3.63) is 11.7 Å². The number of carbonyl (C=O) groups is 1. The fourth-order valence-electron chi connectivity index (χ4n) is 2.35. The largest absolute Gasteiger partial charge is 0.394 e. The quantitative estimate of drug-likeness (QED) is 0.712. The molecule has 1 unspecified atom stereocenters. The van der Waals surface area contributed by atoms with Gasteiger partial charge in [0.15, 0.2) is 0 Å². The van der Waals surface area contributed by atoms with Crippen LogP contribution in [-0.2, 0) is 0 Å². The molecule has 2 heterocycles. The van der Waals surface area contributed by atoms with E-state index in [4.69, 9.17) is 4.52 Å². The lowest BCUT2D eigenvalue weighted by Gasteiger charge is -2.29. The molecule has 1 aromatic rings. The fraction of sp³-hybridized carbons (Fsp3) is 0.769. The number of aromatic nitrogens is 2. The van der Waals surface area contributed by atoms with Crippen LogP contribution in [0.5, 0.6) is 0 Å². The van der Waals surface area contributed by atoms with Crippen LogP contribution in [-0.4, -0.2) is 39.8 Å². The van der Waals surface area contributed by atoms with Crippen molar-refractivity contribution in [2.24, 2.45) is 0 Å². The van der Waals surface area contributed by atoms with Crippen LogP contribution in [0.25, 0.3) is 0 Å². The molecule has 1 aliphatic rings. The van der Waals surface area contributed by atoms with Gasteiger partial charge in [0.05, 0.1) is 18.2 Å². The number of nitrogens with zero attached hydrogens (tertiary/aromatic N) is 2. The predicted molar refractivity (Wildman–Crippen MR) is 72.1 cm³/mol. The average Bonchev–Trinajstić information content (AvgIpc) is 3.14. The Morgan fingerprint density at radius 2 is 2.30 bits per heavy atom. The van der Waals surface area contributed by atoms with Crippen LogP contribution in [0, 0.1) is 0 Å². The van der Waals surface area contributed by atoms with Crippen molar-refractivity contribution >= 4 is 5.91 Å². The highest BCUT2D eigenvalue weighted by atomic mass is 16.5. The first-order valence-electron chi connectivity index (χ1n) is 7.14. The molecule has 0 spiro atoms. The van der Waals surface area contributed by atoms with E-state index in [0.29, 0.717) is 18.7 Å². The Labute approximate surface area is 118 Å². The number of amides is 1. The molecule has 3 N–H and O–H groups in total. The predicted octanol–water partition coefficient (Wildman–Crippen LogP) is 0.775. The van der Waals surface area contributed by atoms with Crippen molar-refractivity contribution in [2.45, 2.75) is 51.1 Å². The molecule has 1 aliphatic heterocycles. The average molecular weight is 282 g/mol. The summed E-state index contributed by atoms with van der Waals surface area (Å²) < 4.78 is 5.14. The van der Waals surface area contributed by atoms with Gasteiger partial charge in [-0.3, -0.25) is 4.79 Å². The lowest BCUT2D eigenvalue weighted by molar-refractivity contribution is 0.0804. The van der Waals surface area contributed by atoms with E-state index in [1.165, 1.54) is 0 Å². The summed E-state index contributed by atoms with van der Waals surface area (Å²) in [5.74, 6) is 0.0689. The Bertz CT molecular complexity index is 442. The van der Waals surface area contributed by atoms with Gasteiger partial charge in [0, 0.05) is 0 Å². The molecule has 2 rings (SSSR count). The summed E-state index contributed by atoms with van der Waals surface area (Å²) in [5, 5.41) is 19.2. The molecule has 0 bridgehead atoms. The molecule has 1 atom stereocenters. The van der Waals surface area contributed by atoms with Crippen LogP contribution in [0.15, 0.2) is 4.52 Å². The van der Waals surface area contributed by atoms with E-state index in [-0.39, 0.29) is 18.5 Å². The summed E-state index contributed by atoms with van der Waals surface area (Å²) in [5.41, 5.74) is -0.622. The van der Waals surface area contributed by atoms with Crippen LogP contribution in [0.3, 0.4) is 0 Å². The molecular weight excluding hydrogens is 260 g/mol. The summed E-state index contributed by atoms with van der Waals surface area (Å²) in [6, 6.07) is 0.0454. The second-order valence-corrected chi connectivity index (χ2v) is 5.20. The van der Waals surface area contributed by atoms with Crippen molar-refractivity contribution in [3.8, 4) is 0 Å². The molecule has 7 nitrogen and oxygen atoms in total. The van der Waals surface area contributed by atoms with Gasteiger partial charge in [-0.15, -0.1) is 0 Å². The van der Waals surface area contributed by atoms with Gasteiger partial charge in [-0.1, -0.05) is 19.0 Å². The Balaban J connectivity index is 2.05. The Kier molecular flexibility index (Phi) is 4.72. The molecule has 0 saturated carbocycles. The molecule has 112 valence electrons. The highest BCUT2D eigenvalue weighted by Gasteiger charge is 2.30. The van der Waals surface area contributed by atoms with Crippen LogP contribution < -0.4 is 10.6 Å². The summed E-state index contributed by atoms with van der Waals surface area (Å²) in [7, 11) is 0. The molecule has 20 heavy (non-hydrogen) atoms. The first-order valence-corrected chi connectivity index (χ1v) is 7.14. The normalized spacial score (nSPS) is 19.2. The first-order chi connectivity index (χ1) is 9.64. The number of rotatable bonds is 6. The number of carbonyl (C=O) groups excluding carboxylic acids is 1. The third-order valence-electron chi connectivity index (χ3n) is 4.04. The van der Waals surface area contributed by atoms with Crippen molar-refractivity contribution in [2.75, 3.05) is 13.2 Å². The fourth-order valence-corrected chi connectivity index (χ4v) is 2.35. The SMILES string of the molecule is CCC(CC)(CO)NC(=O)c1noc(C2CCCN2)n1. The maximum absolute atomic E-state index is 12.1. The summed E-state index contributed by atoms with van der Waals surface area (Å²) in [6.45, 7) is 4.66. The third kappa shape index (κ3) is 2.99. The lowest BCUT2D eigenvalue weighted by Crippen LogP contribution is -2.50. The molecule has 0 aliphatic carbocycles. The minimum atomic E-state index is -0.622. The van der Waals surface area contributed by atoms with Crippen LogP contribution in [0.1, 0.15) is 62.1 Å². The van der Waals surface area contributed by atoms with Gasteiger partial charge in [0.2, 0.25) is 5.89 Å². The minimum Gasteiger partial charge on any atom is -0.394 e. The summed E-state index contributed by atoms with van der Waals surface area (Å²) >= 11 is 0. The van der Waals surface area contributed by atoms with E-state index >= 15 is 0 Å². The smallest absolute Gasteiger partial charge is 0.293 e. The zero-order valence-corrected chi connectivity index (χ0v) is 12.0. The number of aliphatic hydroxyl groups excluding tert-OH is 1. The second-order valence-electron chi connectivity index (χ2n) is 5.20. The van der Waals surface area contributed by atoms with E-state index in [0.717, 1.165) is 19.4 Å². The van der Waals surface area contributed by atoms with Gasteiger partial charge in [0.1, 0.15) is 0 Å². The van der Waals surface area contributed by atoms with Crippen molar-refractivity contribution in [3.63, 3.8) is 0 Å². The molecule has 0 radical (unpaired) electrons. The molecule has 0 aromatic carbocycles. The molecule has 1 aromatic heterocycles. The molecular formula is C13H22N4O3. The Hall–Kier alpha value is -1.47. The topological polar surface area (TPSA) is 100 Å². The van der Waals surface area contributed by atoms with Crippen LogP contribution in [0.2, 0.25) is 0 Å². The van der Waals surface area contributed by atoms with Gasteiger partial charge < -0.3 is 20.3 Å². The van der Waals surface area contributed by atoms with E-state index in [9.17, 15) is 9.90 Å². The highest BCUT2D eigenvalue weighted by molar-refractivity contribution is 5.90. The molecule has 1 amide bonds. The van der Waals surface area contributed by atoms with Crippen molar-refractivity contribution in [1.82, 2.24) is 20.8 Å². The molecule has 1 fully saturated rings. The van der Waals surface area contributed by atoms with Crippen molar-refractivity contribution in [1.29, 1.82) is 0 Å². The molecule has 1 saturated heterocycles. The zero-order valence-electron chi connectivity index (χ0n) is 12.0. The summed E-state index contributed by atoms with van der Waals surface area (Å²) in [4.78, 5) is 16.3. The minimum absolute atomic E-state index is 0.0217. The van der Waals surface area contributed by atoms with E-state index in [1.54, 1.807) is 0 Å². The van der Waals surface area contributed by atoms with Crippen molar-refractivity contribution < 1.29 is 14.4 Å². The van der Waals surface area contributed by atoms with Gasteiger partial charge in [-0.25, -0.2) is 0 Å². The monoisotopic (exact) mass is 282 g/mol. The number of aliphatic hydroxyl groups is 1. The second kappa shape index (κ2) is 6.32. The van der Waals surface area contributed by atoms with E-state index in [1.807, 2.05) is 13.8 Å². The Morgan fingerprint density at radius 3 is 2.85 bits per heavy atom. The lowest BCUT2D eigenvalue weighted by atomic mass is 9.94. The van der Waals surface area contributed by atoms with Gasteiger partial charge >= 0.3 is 0 Å². The first kappa shape index (κ1) is 14.9. The van der Waals surface area contributed by atoms with Gasteiger partial charge in [-0.2, -0.15) is 4.98 Å². The standard InChI is InChI=1S/C13H22N4O3/c1-3-13(4-2,8-18)16-11(19)10-15-12(20-17-10)9-6-5-7-14-9/h9,14,18H,3-8H2,1-2H3,(H,16,19). The van der Waals surface area contributed by atoms with E-state index in [2.05, 4.69) is 20.8 Å². The third-order valence-corrected chi connectivity index (χ3v) is 4.04. The maximum atomic E-state index is 12.1. The van der Waals surface area contributed by atoms with Crippen LogP contribution >= 0.6 is 0 Å². The zero-order chi connectivity index (χ0) is 14.6. The number of hydrogen-bond acceptors (Lipinski definition) is 6. The maximum Gasteiger partial charge on any atom is 0.293 e. The van der Waals surface area contributed by atoms with Crippen LogP contribution in [0.4, 0.5) is 0 Å². The van der Waals surface area contributed by atoms with Gasteiger partial charge in [0.25, 0.3) is 11.7 Å². The summed E-state index contributed by atoms with van der Waals surface area (Å²) in [6.07, 6.45) is 3.28. The van der Waals surface area contributed by atoms with E-state index < -0.39 is 11.4 Å².